The Morgan fingerprint density at radius 3 is 2.53 bits per heavy atom. The molecule has 0 fully saturated rings. The third kappa shape index (κ3) is 6.28. The molecule has 0 atom stereocenters. The summed E-state index contributed by atoms with van der Waals surface area (Å²) in [5.74, 6) is -0.261. The van der Waals surface area contributed by atoms with Gasteiger partial charge in [0.2, 0.25) is 5.88 Å². The van der Waals surface area contributed by atoms with Crippen molar-refractivity contribution in [1.29, 1.82) is 0 Å². The van der Waals surface area contributed by atoms with Crippen LogP contribution in [0, 0.1) is 6.92 Å². The van der Waals surface area contributed by atoms with Crippen LogP contribution in [-0.4, -0.2) is 61.5 Å². The highest BCUT2D eigenvalue weighted by molar-refractivity contribution is 7.10. The number of carbonyl (C=O) groups is 2. The zero-order valence-electron chi connectivity index (χ0n) is 17.8. The van der Waals surface area contributed by atoms with Gasteiger partial charge < -0.3 is 25.4 Å². The monoisotopic (exact) mass is 497 g/mol. The van der Waals surface area contributed by atoms with Crippen LogP contribution in [0.5, 0.6) is 5.88 Å². The second kappa shape index (κ2) is 10.3. The number of carboxylic acid groups (broad SMARTS) is 1. The molecule has 0 spiro atoms. The number of carbonyl (C=O) groups excluding carboxylic acids is 1. The third-order valence-electron chi connectivity index (χ3n) is 4.27. The van der Waals surface area contributed by atoms with E-state index in [1.54, 1.807) is 13.0 Å². The number of aromatic nitrogens is 4. The maximum atomic E-state index is 12.8. The Labute approximate surface area is 194 Å². The van der Waals surface area contributed by atoms with Crippen LogP contribution in [-0.2, 0) is 6.18 Å². The highest BCUT2D eigenvalue weighted by atomic mass is 32.1. The summed E-state index contributed by atoms with van der Waals surface area (Å²) < 4.78 is 47.4. The molecule has 3 N–H and O–H groups in total. The molecule has 180 valence electrons. The molecule has 0 aliphatic rings. The molecule has 0 bridgehead atoms. The highest BCUT2D eigenvalue weighted by Gasteiger charge is 2.32. The maximum Gasteiger partial charge on any atom is 0.434 e. The lowest BCUT2D eigenvalue weighted by molar-refractivity contribution is -0.141. The number of alkyl halides is 3. The quantitative estimate of drug-likeness (QED) is 0.425. The van der Waals surface area contributed by atoms with E-state index in [0.717, 1.165) is 22.6 Å². The first-order chi connectivity index (χ1) is 16.0. The number of anilines is 3. The van der Waals surface area contributed by atoms with Crippen molar-refractivity contribution in [2.24, 2.45) is 0 Å². The minimum Gasteiger partial charge on any atom is -0.476 e. The summed E-state index contributed by atoms with van der Waals surface area (Å²) in [5, 5.41) is 14.5. The molecule has 0 radical (unpaired) electrons. The SMILES string of the molecule is Cc1nsc(Nc2cnc(C(F)(F)F)cn2)c1C(=O)Nc1ccc(OCCN(C)C(=O)O)nc1. The Hall–Kier alpha value is -4.01. The lowest BCUT2D eigenvalue weighted by Crippen LogP contribution is -2.29. The second-order valence-electron chi connectivity index (χ2n) is 6.77. The Bertz CT molecular complexity index is 1150. The van der Waals surface area contributed by atoms with E-state index in [1.165, 1.54) is 19.3 Å². The summed E-state index contributed by atoms with van der Waals surface area (Å²) in [5.41, 5.74) is -0.194. The molecule has 2 amide bonds. The molecule has 0 unspecified atom stereocenters. The number of aryl methyl sites for hydroxylation is 1. The van der Waals surface area contributed by atoms with Crippen molar-refractivity contribution >= 4 is 40.0 Å². The van der Waals surface area contributed by atoms with E-state index in [1.807, 2.05) is 0 Å². The Morgan fingerprint density at radius 1 is 1.18 bits per heavy atom. The molecule has 0 aliphatic heterocycles. The molecular formula is C19H18F3N7O4S. The first-order valence-electron chi connectivity index (χ1n) is 9.51. The van der Waals surface area contributed by atoms with Crippen LogP contribution in [0.1, 0.15) is 21.7 Å². The number of ether oxygens (including phenoxy) is 1. The number of nitrogens with one attached hydrogen (secondary N) is 2. The van der Waals surface area contributed by atoms with Crippen LogP contribution in [0.3, 0.4) is 0 Å². The molecule has 34 heavy (non-hydrogen) atoms. The molecule has 11 nitrogen and oxygen atoms in total. The van der Waals surface area contributed by atoms with E-state index in [9.17, 15) is 22.8 Å². The van der Waals surface area contributed by atoms with Gasteiger partial charge in [-0.25, -0.2) is 19.7 Å². The van der Waals surface area contributed by atoms with Gasteiger partial charge >= 0.3 is 12.3 Å². The third-order valence-corrected chi connectivity index (χ3v) is 5.12. The standard InChI is InChI=1S/C19H18F3N7O4S/c1-10-15(17(34-28-10)27-13-9-23-12(8-24-13)19(20,21)22)16(30)26-11-3-4-14(25-7-11)33-6-5-29(2)18(31)32/h3-4,7-9H,5-6H2,1-2H3,(H,24,27)(H,26,30)(H,31,32). The molecule has 0 aliphatic carbocycles. The average Bonchev–Trinajstić information content (AvgIpc) is 3.14. The first kappa shape index (κ1) is 24.6. The van der Waals surface area contributed by atoms with Crippen molar-refractivity contribution in [2.75, 3.05) is 30.8 Å². The summed E-state index contributed by atoms with van der Waals surface area (Å²) >= 11 is 0.942. The van der Waals surface area contributed by atoms with Crippen LogP contribution in [0.4, 0.5) is 34.5 Å². The normalized spacial score (nSPS) is 11.1. The van der Waals surface area contributed by atoms with E-state index in [2.05, 4.69) is 30.0 Å². The van der Waals surface area contributed by atoms with Gasteiger partial charge in [-0.3, -0.25) is 4.79 Å². The molecular weight excluding hydrogens is 479 g/mol. The van der Waals surface area contributed by atoms with Crippen LogP contribution in [0.2, 0.25) is 0 Å². The molecule has 3 aromatic heterocycles. The van der Waals surface area contributed by atoms with Gasteiger partial charge in [0.15, 0.2) is 5.69 Å². The Balaban J connectivity index is 1.63. The van der Waals surface area contributed by atoms with E-state index >= 15 is 0 Å². The Kier molecular flexibility index (Phi) is 7.45. The molecule has 0 aromatic carbocycles. The van der Waals surface area contributed by atoms with Gasteiger partial charge in [0, 0.05) is 13.1 Å². The van der Waals surface area contributed by atoms with Crippen molar-refractivity contribution in [1.82, 2.24) is 24.2 Å². The van der Waals surface area contributed by atoms with Gasteiger partial charge in [-0.1, -0.05) is 0 Å². The van der Waals surface area contributed by atoms with Crippen LogP contribution in [0.15, 0.2) is 30.7 Å². The summed E-state index contributed by atoms with van der Waals surface area (Å²) in [7, 11) is 1.41. The van der Waals surface area contributed by atoms with Crippen LogP contribution in [0.25, 0.3) is 0 Å². The fourth-order valence-electron chi connectivity index (χ4n) is 2.49. The minimum absolute atomic E-state index is 0.0161. The van der Waals surface area contributed by atoms with Gasteiger partial charge in [-0.15, -0.1) is 0 Å². The fourth-order valence-corrected chi connectivity index (χ4v) is 3.30. The van der Waals surface area contributed by atoms with Crippen molar-refractivity contribution in [2.45, 2.75) is 13.1 Å². The van der Waals surface area contributed by atoms with E-state index in [-0.39, 0.29) is 35.4 Å². The average molecular weight is 497 g/mol. The number of halogens is 3. The van der Waals surface area contributed by atoms with Gasteiger partial charge in [-0.05, 0) is 24.5 Å². The van der Waals surface area contributed by atoms with E-state index in [4.69, 9.17) is 9.84 Å². The lowest BCUT2D eigenvalue weighted by Gasteiger charge is -2.13. The van der Waals surface area contributed by atoms with Crippen molar-refractivity contribution in [3.05, 3.63) is 47.7 Å². The van der Waals surface area contributed by atoms with Gasteiger partial charge in [0.05, 0.1) is 42.1 Å². The van der Waals surface area contributed by atoms with Gasteiger partial charge in [-0.2, -0.15) is 17.5 Å². The smallest absolute Gasteiger partial charge is 0.434 e. The van der Waals surface area contributed by atoms with E-state index in [0.29, 0.717) is 17.6 Å². The molecule has 0 saturated carbocycles. The fraction of sp³-hybridized carbons (Fsp3) is 0.263. The maximum absolute atomic E-state index is 12.8. The van der Waals surface area contributed by atoms with Crippen molar-refractivity contribution in [3.8, 4) is 5.88 Å². The molecule has 3 rings (SSSR count). The Morgan fingerprint density at radius 2 is 1.94 bits per heavy atom. The van der Waals surface area contributed by atoms with Crippen LogP contribution < -0.4 is 15.4 Å². The summed E-state index contributed by atoms with van der Waals surface area (Å²) in [6.07, 6.45) is -2.83. The predicted octanol–water partition coefficient (Wildman–Crippen LogP) is 3.64. The van der Waals surface area contributed by atoms with Crippen LogP contribution >= 0.6 is 11.5 Å². The number of rotatable bonds is 8. The predicted molar refractivity (Wildman–Crippen MR) is 116 cm³/mol. The van der Waals surface area contributed by atoms with Gasteiger partial charge in [0.1, 0.15) is 17.4 Å². The number of amides is 2. The van der Waals surface area contributed by atoms with E-state index < -0.39 is 23.9 Å². The molecule has 0 saturated heterocycles. The number of hydrogen-bond acceptors (Lipinski definition) is 9. The number of likely N-dealkylation sites (N-methyl/N-ethyl adjacent to an activating group) is 1. The first-order valence-corrected chi connectivity index (χ1v) is 10.3. The summed E-state index contributed by atoms with van der Waals surface area (Å²) in [6.45, 7) is 1.86. The zero-order valence-corrected chi connectivity index (χ0v) is 18.6. The summed E-state index contributed by atoms with van der Waals surface area (Å²) in [4.78, 5) is 35.7. The van der Waals surface area contributed by atoms with Crippen molar-refractivity contribution in [3.63, 3.8) is 0 Å². The highest BCUT2D eigenvalue weighted by Crippen LogP contribution is 2.30. The summed E-state index contributed by atoms with van der Waals surface area (Å²) in [6, 6.07) is 3.05. The number of hydrogen-bond donors (Lipinski definition) is 3. The molecule has 15 heteroatoms. The minimum atomic E-state index is -4.61. The topological polar surface area (TPSA) is 142 Å². The molecule has 3 aromatic rings. The largest absolute Gasteiger partial charge is 0.476 e. The zero-order chi connectivity index (χ0) is 24.9. The molecule has 3 heterocycles. The number of pyridine rings is 1. The van der Waals surface area contributed by atoms with Crippen molar-refractivity contribution < 1.29 is 32.6 Å². The second-order valence-corrected chi connectivity index (χ2v) is 7.55. The lowest BCUT2D eigenvalue weighted by atomic mass is 10.2. The van der Waals surface area contributed by atoms with Gasteiger partial charge in [0.25, 0.3) is 5.91 Å². The number of nitrogens with zero attached hydrogens (tertiary/aromatic N) is 5.